The molecule has 186 valence electrons. The monoisotopic (exact) mass is 481 g/mol. The lowest BCUT2D eigenvalue weighted by Crippen LogP contribution is -2.41. The SMILES string of the molecule is COc1cc(B2OC(C)(C)C(C)(C)O2)ccc1N.O=C(O)/C=C\C(=O)O.O=C(O)/C=C\C(=O)O. The second kappa shape index (κ2) is 13.0. The van der Waals surface area contributed by atoms with Gasteiger partial charge in [0.2, 0.25) is 0 Å². The van der Waals surface area contributed by atoms with Gasteiger partial charge in [-0.05, 0) is 45.3 Å². The third-order valence-electron chi connectivity index (χ3n) is 4.52. The van der Waals surface area contributed by atoms with Crippen molar-refractivity contribution in [2.45, 2.75) is 38.9 Å². The minimum atomic E-state index is -1.26. The molecule has 0 saturated carbocycles. The van der Waals surface area contributed by atoms with Gasteiger partial charge >= 0.3 is 31.0 Å². The van der Waals surface area contributed by atoms with Gasteiger partial charge < -0.3 is 40.2 Å². The van der Waals surface area contributed by atoms with Crippen molar-refractivity contribution >= 4 is 42.1 Å². The Kier molecular flexibility index (Phi) is 11.5. The molecule has 2 rings (SSSR count). The molecular formula is C21H28BNO11. The topological polar surface area (TPSA) is 203 Å². The largest absolute Gasteiger partial charge is 0.495 e. The molecule has 1 aromatic carbocycles. The number of benzene rings is 1. The summed E-state index contributed by atoms with van der Waals surface area (Å²) in [6.45, 7) is 8.12. The highest BCUT2D eigenvalue weighted by Crippen LogP contribution is 2.36. The summed E-state index contributed by atoms with van der Waals surface area (Å²) >= 11 is 0. The van der Waals surface area contributed by atoms with Crippen molar-refractivity contribution in [2.24, 2.45) is 0 Å². The summed E-state index contributed by atoms with van der Waals surface area (Å²) in [5, 5.41) is 31.2. The van der Waals surface area contributed by atoms with Crippen LogP contribution in [0.3, 0.4) is 0 Å². The Bertz CT molecular complexity index is 872. The zero-order valence-corrected chi connectivity index (χ0v) is 19.3. The Morgan fingerprint density at radius 3 is 1.47 bits per heavy atom. The number of carbonyl (C=O) groups is 4. The first kappa shape index (κ1) is 30.2. The van der Waals surface area contributed by atoms with Gasteiger partial charge in [0.25, 0.3) is 0 Å². The Hall–Kier alpha value is -3.84. The number of anilines is 1. The first-order valence-corrected chi connectivity index (χ1v) is 9.59. The molecule has 0 atom stereocenters. The summed E-state index contributed by atoms with van der Waals surface area (Å²) in [7, 11) is 1.21. The normalized spacial score (nSPS) is 15.6. The Balaban J connectivity index is 0.000000570. The Morgan fingerprint density at radius 1 is 0.824 bits per heavy atom. The van der Waals surface area contributed by atoms with Crippen LogP contribution in [0.2, 0.25) is 0 Å². The molecule has 0 unspecified atom stereocenters. The molecule has 1 aromatic rings. The van der Waals surface area contributed by atoms with Crippen molar-refractivity contribution < 1.29 is 53.6 Å². The van der Waals surface area contributed by atoms with E-state index in [4.69, 9.17) is 40.2 Å². The maximum absolute atomic E-state index is 9.55. The van der Waals surface area contributed by atoms with Gasteiger partial charge in [-0.1, -0.05) is 6.07 Å². The van der Waals surface area contributed by atoms with Gasteiger partial charge in [-0.3, -0.25) is 0 Å². The molecule has 1 saturated heterocycles. The minimum Gasteiger partial charge on any atom is -0.495 e. The Morgan fingerprint density at radius 2 is 1.18 bits per heavy atom. The summed E-state index contributed by atoms with van der Waals surface area (Å²) in [4.78, 5) is 38.2. The van der Waals surface area contributed by atoms with Crippen LogP contribution in [-0.4, -0.2) is 69.7 Å². The fraction of sp³-hybridized carbons (Fsp3) is 0.333. The van der Waals surface area contributed by atoms with Gasteiger partial charge in [-0.25, -0.2) is 19.2 Å². The molecule has 0 aromatic heterocycles. The molecule has 34 heavy (non-hydrogen) atoms. The number of nitrogens with two attached hydrogens (primary N) is 1. The number of carboxylic acid groups (broad SMARTS) is 4. The van der Waals surface area contributed by atoms with Crippen LogP contribution >= 0.6 is 0 Å². The smallest absolute Gasteiger partial charge is 0.494 e. The molecule has 1 aliphatic rings. The molecule has 0 bridgehead atoms. The summed E-state index contributed by atoms with van der Waals surface area (Å²) in [5.41, 5.74) is 6.64. The average molecular weight is 481 g/mol. The van der Waals surface area contributed by atoms with Crippen molar-refractivity contribution in [3.8, 4) is 5.75 Å². The van der Waals surface area contributed by atoms with Crippen LogP contribution in [0.4, 0.5) is 5.69 Å². The molecule has 6 N–H and O–H groups in total. The maximum Gasteiger partial charge on any atom is 0.494 e. The van der Waals surface area contributed by atoms with Gasteiger partial charge in [0, 0.05) is 24.3 Å². The number of hydrogen-bond acceptors (Lipinski definition) is 8. The number of carboxylic acids is 4. The summed E-state index contributed by atoms with van der Waals surface area (Å²) < 4.78 is 17.2. The second-order valence-electron chi connectivity index (χ2n) is 7.61. The van der Waals surface area contributed by atoms with E-state index in [-0.39, 0.29) is 18.3 Å². The molecule has 13 heteroatoms. The van der Waals surface area contributed by atoms with Gasteiger partial charge in [-0.2, -0.15) is 0 Å². The molecule has 0 aliphatic carbocycles. The fourth-order valence-electron chi connectivity index (χ4n) is 2.14. The van der Waals surface area contributed by atoms with E-state index in [1.807, 2.05) is 39.8 Å². The van der Waals surface area contributed by atoms with Crippen molar-refractivity contribution in [1.29, 1.82) is 0 Å². The van der Waals surface area contributed by atoms with E-state index in [0.29, 0.717) is 35.7 Å². The highest BCUT2D eigenvalue weighted by molar-refractivity contribution is 6.62. The zero-order valence-electron chi connectivity index (χ0n) is 19.3. The van der Waals surface area contributed by atoms with Crippen LogP contribution in [0, 0.1) is 0 Å². The van der Waals surface area contributed by atoms with E-state index >= 15 is 0 Å². The van der Waals surface area contributed by atoms with Gasteiger partial charge in [0.05, 0.1) is 24.0 Å². The lowest BCUT2D eigenvalue weighted by molar-refractivity contribution is -0.134. The minimum absolute atomic E-state index is 0.341. The van der Waals surface area contributed by atoms with Gasteiger partial charge in [0.15, 0.2) is 0 Å². The highest BCUT2D eigenvalue weighted by atomic mass is 16.7. The highest BCUT2D eigenvalue weighted by Gasteiger charge is 2.51. The van der Waals surface area contributed by atoms with Crippen molar-refractivity contribution in [3.05, 3.63) is 42.5 Å². The molecule has 1 fully saturated rings. The van der Waals surface area contributed by atoms with E-state index in [9.17, 15) is 19.2 Å². The number of hydrogen-bond donors (Lipinski definition) is 5. The third kappa shape index (κ3) is 10.7. The van der Waals surface area contributed by atoms with E-state index in [1.165, 1.54) is 0 Å². The predicted octanol–water partition coefficient (Wildman–Crippen LogP) is 1.00. The number of rotatable bonds is 6. The van der Waals surface area contributed by atoms with E-state index in [2.05, 4.69) is 0 Å². The molecule has 0 amide bonds. The number of methoxy groups -OCH3 is 1. The van der Waals surface area contributed by atoms with Crippen LogP contribution in [0.25, 0.3) is 0 Å². The fourth-order valence-corrected chi connectivity index (χ4v) is 2.14. The molecule has 1 aliphatic heterocycles. The van der Waals surface area contributed by atoms with Crippen molar-refractivity contribution in [1.82, 2.24) is 0 Å². The quantitative estimate of drug-likeness (QED) is 0.219. The van der Waals surface area contributed by atoms with Crippen LogP contribution in [0.1, 0.15) is 27.7 Å². The van der Waals surface area contributed by atoms with Crippen molar-refractivity contribution in [3.63, 3.8) is 0 Å². The first-order valence-electron chi connectivity index (χ1n) is 9.59. The molecule has 1 heterocycles. The summed E-state index contributed by atoms with van der Waals surface area (Å²) in [5.74, 6) is -4.39. The second-order valence-corrected chi connectivity index (χ2v) is 7.61. The number of aliphatic carboxylic acids is 4. The molecular weight excluding hydrogens is 453 g/mol. The lowest BCUT2D eigenvalue weighted by atomic mass is 9.79. The molecule has 0 spiro atoms. The van der Waals surface area contributed by atoms with Gasteiger partial charge in [-0.15, -0.1) is 0 Å². The third-order valence-corrected chi connectivity index (χ3v) is 4.52. The van der Waals surface area contributed by atoms with Crippen LogP contribution in [0.5, 0.6) is 5.75 Å². The van der Waals surface area contributed by atoms with E-state index < -0.39 is 23.9 Å². The number of nitrogen functional groups attached to an aromatic ring is 1. The summed E-state index contributed by atoms with van der Waals surface area (Å²) in [6, 6.07) is 5.57. The zero-order chi connectivity index (χ0) is 26.7. The van der Waals surface area contributed by atoms with Crippen molar-refractivity contribution in [2.75, 3.05) is 12.8 Å². The molecule has 0 radical (unpaired) electrons. The summed E-state index contributed by atoms with van der Waals surface area (Å²) in [6.07, 6.45) is 2.23. The van der Waals surface area contributed by atoms with Crippen LogP contribution in [0.15, 0.2) is 42.5 Å². The lowest BCUT2D eigenvalue weighted by Gasteiger charge is -2.32. The standard InChI is InChI=1S/C13H20BNO3.2C4H4O4/c1-12(2)13(3,4)18-14(17-12)9-6-7-10(15)11(8-9)16-5;2*5-3(6)1-2-4(7)8/h6-8H,15H2,1-5H3;2*1-2H,(H,5,6)(H,7,8)/b;2*2-1-. The van der Waals surface area contributed by atoms with Crippen LogP contribution in [-0.2, 0) is 28.5 Å². The van der Waals surface area contributed by atoms with Gasteiger partial charge in [0.1, 0.15) is 5.75 Å². The van der Waals surface area contributed by atoms with E-state index in [0.717, 1.165) is 5.46 Å². The molecule has 12 nitrogen and oxygen atoms in total. The maximum atomic E-state index is 9.55. The van der Waals surface area contributed by atoms with Crippen LogP contribution < -0.4 is 15.9 Å². The predicted molar refractivity (Wildman–Crippen MR) is 122 cm³/mol. The number of ether oxygens (including phenoxy) is 1. The Labute approximate surface area is 196 Å². The average Bonchev–Trinajstić information content (AvgIpc) is 2.93. The van der Waals surface area contributed by atoms with E-state index in [1.54, 1.807) is 13.2 Å². The first-order chi connectivity index (χ1) is 15.5.